The maximum atomic E-state index is 12.0. The van der Waals surface area contributed by atoms with Gasteiger partial charge in [0.05, 0.1) is 0 Å². The number of carbonyl (C=O) groups excluding carboxylic acids is 1. The van der Waals surface area contributed by atoms with Gasteiger partial charge in [0.25, 0.3) is 5.91 Å². The summed E-state index contributed by atoms with van der Waals surface area (Å²) < 4.78 is 5.57. The van der Waals surface area contributed by atoms with Crippen molar-refractivity contribution in [3.05, 3.63) is 29.8 Å². The first-order chi connectivity index (χ1) is 9.10. The van der Waals surface area contributed by atoms with Gasteiger partial charge in [0.15, 0.2) is 6.61 Å². The van der Waals surface area contributed by atoms with Crippen molar-refractivity contribution >= 4 is 5.91 Å². The largest absolute Gasteiger partial charge is 0.483 e. The van der Waals surface area contributed by atoms with Crippen LogP contribution in [0.1, 0.15) is 32.3 Å². The van der Waals surface area contributed by atoms with Crippen LogP contribution < -0.4 is 10.5 Å². The number of para-hydroxylation sites is 1. The molecule has 1 rings (SSSR count). The molecule has 0 aliphatic heterocycles. The zero-order valence-corrected chi connectivity index (χ0v) is 12.1. The van der Waals surface area contributed by atoms with Crippen molar-refractivity contribution in [1.82, 2.24) is 4.90 Å². The predicted molar refractivity (Wildman–Crippen MR) is 77.0 cm³/mol. The second kappa shape index (κ2) is 7.79. The Morgan fingerprint density at radius 2 is 2.11 bits per heavy atom. The summed E-state index contributed by atoms with van der Waals surface area (Å²) in [6.45, 7) is 4.63. The molecule has 2 N–H and O–H groups in total. The number of hydrogen-bond donors (Lipinski definition) is 1. The van der Waals surface area contributed by atoms with Crippen LogP contribution in [-0.4, -0.2) is 30.5 Å². The van der Waals surface area contributed by atoms with Crippen LogP contribution in [0.3, 0.4) is 0 Å². The molecule has 0 saturated carbocycles. The Morgan fingerprint density at radius 3 is 2.74 bits per heavy atom. The van der Waals surface area contributed by atoms with Crippen LogP contribution in [-0.2, 0) is 11.3 Å². The smallest absolute Gasteiger partial charge is 0.260 e. The van der Waals surface area contributed by atoms with Crippen LogP contribution in [0, 0.1) is 0 Å². The molecule has 0 heterocycles. The summed E-state index contributed by atoms with van der Waals surface area (Å²) in [6, 6.07) is 7.77. The van der Waals surface area contributed by atoms with E-state index in [1.807, 2.05) is 31.3 Å². The molecule has 1 aromatic rings. The minimum atomic E-state index is -0.00669. The lowest BCUT2D eigenvalue weighted by molar-refractivity contribution is -0.133. The molecule has 4 nitrogen and oxygen atoms in total. The SMILES string of the molecule is CCCC(C)N(C)C(=O)COc1ccccc1CN. The summed E-state index contributed by atoms with van der Waals surface area (Å²) in [7, 11) is 1.82. The summed E-state index contributed by atoms with van der Waals surface area (Å²) in [5.41, 5.74) is 6.55. The van der Waals surface area contributed by atoms with Crippen molar-refractivity contribution in [2.24, 2.45) is 5.73 Å². The van der Waals surface area contributed by atoms with E-state index in [0.717, 1.165) is 18.4 Å². The lowest BCUT2D eigenvalue weighted by Gasteiger charge is -2.24. The van der Waals surface area contributed by atoms with Crippen molar-refractivity contribution < 1.29 is 9.53 Å². The van der Waals surface area contributed by atoms with E-state index in [2.05, 4.69) is 13.8 Å². The number of ether oxygens (including phenoxy) is 1. The summed E-state index contributed by atoms with van der Waals surface area (Å²) in [5, 5.41) is 0. The number of amides is 1. The second-order valence-electron chi connectivity index (χ2n) is 4.74. The Bertz CT molecular complexity index is 407. The third-order valence-corrected chi connectivity index (χ3v) is 3.30. The average molecular weight is 264 g/mol. The molecule has 4 heteroatoms. The van der Waals surface area contributed by atoms with E-state index >= 15 is 0 Å². The van der Waals surface area contributed by atoms with Gasteiger partial charge < -0.3 is 15.4 Å². The first-order valence-electron chi connectivity index (χ1n) is 6.76. The zero-order chi connectivity index (χ0) is 14.3. The lowest BCUT2D eigenvalue weighted by atomic mass is 10.2. The van der Waals surface area contributed by atoms with Crippen molar-refractivity contribution in [2.75, 3.05) is 13.7 Å². The van der Waals surface area contributed by atoms with Gasteiger partial charge in [-0.15, -0.1) is 0 Å². The molecule has 0 spiro atoms. The Morgan fingerprint density at radius 1 is 1.42 bits per heavy atom. The summed E-state index contributed by atoms with van der Waals surface area (Å²) >= 11 is 0. The molecule has 0 fully saturated rings. The highest BCUT2D eigenvalue weighted by molar-refractivity contribution is 5.77. The minimum absolute atomic E-state index is 0.00669. The van der Waals surface area contributed by atoms with Gasteiger partial charge in [-0.05, 0) is 19.4 Å². The molecule has 0 aromatic heterocycles. The van der Waals surface area contributed by atoms with Gasteiger partial charge in [0, 0.05) is 25.2 Å². The first kappa shape index (κ1) is 15.5. The molecular formula is C15H24N2O2. The molecule has 1 amide bonds. The quantitative estimate of drug-likeness (QED) is 0.821. The van der Waals surface area contributed by atoms with E-state index < -0.39 is 0 Å². The molecule has 106 valence electrons. The van der Waals surface area contributed by atoms with Gasteiger partial charge >= 0.3 is 0 Å². The number of likely N-dealkylation sites (N-methyl/N-ethyl adjacent to an activating group) is 1. The standard InChI is InChI=1S/C15H24N2O2/c1-4-7-12(2)17(3)15(18)11-19-14-9-6-5-8-13(14)10-16/h5-6,8-9,12H,4,7,10-11,16H2,1-3H3. The Balaban J connectivity index is 2.54. The third-order valence-electron chi connectivity index (χ3n) is 3.30. The fraction of sp³-hybridized carbons (Fsp3) is 0.533. The summed E-state index contributed by atoms with van der Waals surface area (Å²) in [4.78, 5) is 13.7. The second-order valence-corrected chi connectivity index (χ2v) is 4.74. The first-order valence-corrected chi connectivity index (χ1v) is 6.76. The number of rotatable bonds is 7. The normalized spacial score (nSPS) is 12.0. The molecule has 0 bridgehead atoms. The minimum Gasteiger partial charge on any atom is -0.483 e. The molecule has 0 saturated heterocycles. The van der Waals surface area contributed by atoms with Gasteiger partial charge in [-0.2, -0.15) is 0 Å². The van der Waals surface area contributed by atoms with Gasteiger partial charge in [0.1, 0.15) is 5.75 Å². The van der Waals surface area contributed by atoms with E-state index in [0.29, 0.717) is 12.3 Å². The van der Waals surface area contributed by atoms with Crippen LogP contribution in [0.15, 0.2) is 24.3 Å². The van der Waals surface area contributed by atoms with Crippen molar-refractivity contribution in [3.8, 4) is 5.75 Å². The number of hydrogen-bond acceptors (Lipinski definition) is 3. The van der Waals surface area contributed by atoms with E-state index in [4.69, 9.17) is 10.5 Å². The molecule has 1 atom stereocenters. The van der Waals surface area contributed by atoms with Crippen molar-refractivity contribution in [1.29, 1.82) is 0 Å². The van der Waals surface area contributed by atoms with Crippen LogP contribution in [0.2, 0.25) is 0 Å². The third kappa shape index (κ3) is 4.56. The van der Waals surface area contributed by atoms with Crippen LogP contribution in [0.25, 0.3) is 0 Å². The maximum absolute atomic E-state index is 12.0. The summed E-state index contributed by atoms with van der Waals surface area (Å²) in [6.07, 6.45) is 2.07. The summed E-state index contributed by atoms with van der Waals surface area (Å²) in [5.74, 6) is 0.683. The molecule has 1 aromatic carbocycles. The fourth-order valence-electron chi connectivity index (χ4n) is 1.91. The highest BCUT2D eigenvalue weighted by Crippen LogP contribution is 2.17. The van der Waals surface area contributed by atoms with E-state index in [1.54, 1.807) is 4.90 Å². The molecular weight excluding hydrogens is 240 g/mol. The molecule has 1 unspecified atom stereocenters. The van der Waals surface area contributed by atoms with Crippen LogP contribution >= 0.6 is 0 Å². The maximum Gasteiger partial charge on any atom is 0.260 e. The number of benzene rings is 1. The van der Waals surface area contributed by atoms with Gasteiger partial charge in [0.2, 0.25) is 0 Å². The zero-order valence-electron chi connectivity index (χ0n) is 12.1. The average Bonchev–Trinajstić information content (AvgIpc) is 2.44. The highest BCUT2D eigenvalue weighted by atomic mass is 16.5. The monoisotopic (exact) mass is 264 g/mol. The Kier molecular flexibility index (Phi) is 6.36. The Labute approximate surface area is 115 Å². The van der Waals surface area contributed by atoms with Crippen molar-refractivity contribution in [2.45, 2.75) is 39.3 Å². The topological polar surface area (TPSA) is 55.6 Å². The van der Waals surface area contributed by atoms with E-state index in [1.165, 1.54) is 0 Å². The molecule has 0 aliphatic carbocycles. The van der Waals surface area contributed by atoms with Crippen molar-refractivity contribution in [3.63, 3.8) is 0 Å². The van der Waals surface area contributed by atoms with Crippen LogP contribution in [0.5, 0.6) is 5.75 Å². The van der Waals surface area contributed by atoms with Gasteiger partial charge in [-0.25, -0.2) is 0 Å². The number of carbonyl (C=O) groups is 1. The predicted octanol–water partition coefficient (Wildman–Crippen LogP) is 2.17. The fourth-order valence-corrected chi connectivity index (χ4v) is 1.91. The highest BCUT2D eigenvalue weighted by Gasteiger charge is 2.15. The van der Waals surface area contributed by atoms with E-state index in [9.17, 15) is 4.79 Å². The number of nitrogens with two attached hydrogens (primary N) is 1. The van der Waals surface area contributed by atoms with Gasteiger partial charge in [-0.3, -0.25) is 4.79 Å². The molecule has 0 aliphatic rings. The lowest BCUT2D eigenvalue weighted by Crippen LogP contribution is -2.38. The van der Waals surface area contributed by atoms with Crippen LogP contribution in [0.4, 0.5) is 0 Å². The van der Waals surface area contributed by atoms with Gasteiger partial charge in [-0.1, -0.05) is 31.5 Å². The Hall–Kier alpha value is -1.55. The number of nitrogens with zero attached hydrogens (tertiary/aromatic N) is 1. The molecule has 0 radical (unpaired) electrons. The van der Waals surface area contributed by atoms with E-state index in [-0.39, 0.29) is 18.6 Å². The molecule has 19 heavy (non-hydrogen) atoms.